The number of hydrogen-bond acceptors (Lipinski definition) is 11. The molecule has 2 fully saturated rings. The van der Waals surface area contributed by atoms with Gasteiger partial charge in [-0.15, -0.1) is 11.8 Å². The molecule has 0 radical (unpaired) electrons. The first-order valence-corrected chi connectivity index (χ1v) is 16.9. The molecule has 248 valence electrons. The molecule has 0 bridgehead atoms. The number of aromatic nitrogens is 4. The van der Waals surface area contributed by atoms with Crippen LogP contribution in [0.2, 0.25) is 0 Å². The molecule has 0 spiro atoms. The number of rotatable bonds is 7. The van der Waals surface area contributed by atoms with Gasteiger partial charge in [-0.3, -0.25) is 24.0 Å². The Morgan fingerprint density at radius 2 is 1.76 bits per heavy atom. The van der Waals surface area contributed by atoms with E-state index in [1.165, 1.54) is 11.8 Å². The fraction of sp³-hybridized carbons (Fsp3) is 0.697. The fourth-order valence-corrected chi connectivity index (χ4v) is 8.66. The van der Waals surface area contributed by atoms with Crippen LogP contribution in [0, 0.1) is 29.6 Å². The molecule has 45 heavy (non-hydrogen) atoms. The van der Waals surface area contributed by atoms with Gasteiger partial charge >= 0.3 is 11.9 Å². The molecule has 10 unspecified atom stereocenters. The van der Waals surface area contributed by atoms with Crippen LogP contribution in [0.5, 0.6) is 0 Å². The van der Waals surface area contributed by atoms with E-state index in [4.69, 9.17) is 14.2 Å². The maximum Gasteiger partial charge on any atom is 0.320 e. The van der Waals surface area contributed by atoms with Gasteiger partial charge in [0.05, 0.1) is 24.2 Å². The Labute approximate surface area is 270 Å². The second-order valence-corrected chi connectivity index (χ2v) is 14.5. The van der Waals surface area contributed by atoms with Crippen molar-refractivity contribution in [2.45, 2.75) is 103 Å². The molecule has 2 aromatic rings. The van der Waals surface area contributed by atoms with Gasteiger partial charge < -0.3 is 19.3 Å². The number of carbonyl (C=O) groups excluding carboxylic acids is 3. The number of ether oxygens (including phenoxy) is 3. The summed E-state index contributed by atoms with van der Waals surface area (Å²) >= 11 is 1.42. The van der Waals surface area contributed by atoms with E-state index in [9.17, 15) is 19.5 Å². The van der Waals surface area contributed by atoms with E-state index in [0.29, 0.717) is 37.4 Å². The highest BCUT2D eigenvalue weighted by Gasteiger charge is 2.61. The zero-order chi connectivity index (χ0) is 33.1. The van der Waals surface area contributed by atoms with Gasteiger partial charge in [0.2, 0.25) is 0 Å². The maximum atomic E-state index is 14.1. The van der Waals surface area contributed by atoms with Crippen LogP contribution in [-0.2, 0) is 35.1 Å². The maximum absolute atomic E-state index is 14.1. The largest absolute Gasteiger partial charge is 0.458 e. The lowest BCUT2D eigenvalue weighted by molar-refractivity contribution is -0.186. The van der Waals surface area contributed by atoms with Crippen molar-refractivity contribution in [2.75, 3.05) is 12.9 Å². The van der Waals surface area contributed by atoms with Crippen LogP contribution in [0.1, 0.15) is 67.7 Å². The summed E-state index contributed by atoms with van der Waals surface area (Å²) in [6, 6.07) is 3.68. The SMILES string of the molecule is CCC1OC(=O)C(C)C(O)C(C)CC(C)(OC)CC(C)C(=O)C(C)C2C(SCCn3cnc(-c4ccncc4)n3)C(=O)OC12C. The number of aliphatic hydroxyl groups excluding tert-OH is 1. The topological polar surface area (TPSA) is 143 Å². The second-order valence-electron chi connectivity index (χ2n) is 13.2. The molecule has 0 amide bonds. The van der Waals surface area contributed by atoms with E-state index in [-0.39, 0.29) is 17.6 Å². The molecule has 0 aliphatic carbocycles. The number of hydrogen-bond donors (Lipinski definition) is 1. The summed E-state index contributed by atoms with van der Waals surface area (Å²) < 4.78 is 19.8. The summed E-state index contributed by atoms with van der Waals surface area (Å²) in [7, 11) is 1.61. The lowest BCUT2D eigenvalue weighted by atomic mass is 9.70. The molecule has 10 atom stereocenters. The van der Waals surface area contributed by atoms with E-state index < -0.39 is 58.4 Å². The number of aliphatic hydroxyl groups is 1. The number of fused-ring (bicyclic) bond motifs is 1. The van der Waals surface area contributed by atoms with Crippen molar-refractivity contribution in [1.29, 1.82) is 0 Å². The van der Waals surface area contributed by atoms with Crippen molar-refractivity contribution in [1.82, 2.24) is 19.7 Å². The van der Waals surface area contributed by atoms with Crippen LogP contribution in [0.3, 0.4) is 0 Å². The smallest absolute Gasteiger partial charge is 0.320 e. The first-order valence-electron chi connectivity index (χ1n) is 15.9. The Morgan fingerprint density at radius 1 is 1.07 bits per heavy atom. The fourth-order valence-electron chi connectivity index (χ4n) is 7.22. The molecular weight excluding hydrogens is 596 g/mol. The number of nitrogens with zero attached hydrogens (tertiary/aromatic N) is 4. The van der Waals surface area contributed by atoms with E-state index in [1.807, 2.05) is 46.8 Å². The third kappa shape index (κ3) is 7.44. The van der Waals surface area contributed by atoms with Crippen LogP contribution in [0.4, 0.5) is 0 Å². The molecule has 0 aromatic carbocycles. The van der Waals surface area contributed by atoms with Gasteiger partial charge in [0.15, 0.2) is 11.4 Å². The van der Waals surface area contributed by atoms with Gasteiger partial charge in [0.1, 0.15) is 23.5 Å². The van der Waals surface area contributed by atoms with Crippen molar-refractivity contribution in [3.8, 4) is 11.4 Å². The number of carbonyl (C=O) groups is 3. The summed E-state index contributed by atoms with van der Waals surface area (Å²) in [6.45, 7) is 13.3. The zero-order valence-corrected chi connectivity index (χ0v) is 28.5. The van der Waals surface area contributed by atoms with E-state index in [2.05, 4.69) is 15.1 Å². The number of cyclic esters (lactones) is 1. The predicted octanol–water partition coefficient (Wildman–Crippen LogP) is 4.37. The molecule has 2 aromatic heterocycles. The monoisotopic (exact) mass is 644 g/mol. The van der Waals surface area contributed by atoms with Crippen LogP contribution in [0.25, 0.3) is 11.4 Å². The van der Waals surface area contributed by atoms with Crippen LogP contribution < -0.4 is 0 Å². The van der Waals surface area contributed by atoms with E-state index >= 15 is 0 Å². The van der Waals surface area contributed by atoms with Crippen molar-refractivity contribution in [2.24, 2.45) is 29.6 Å². The Morgan fingerprint density at radius 3 is 2.40 bits per heavy atom. The van der Waals surface area contributed by atoms with E-state index in [0.717, 1.165) is 5.56 Å². The second kappa shape index (κ2) is 14.3. The highest BCUT2D eigenvalue weighted by Crippen LogP contribution is 2.48. The molecule has 1 N–H and O–H groups in total. The van der Waals surface area contributed by atoms with Crippen LogP contribution in [0.15, 0.2) is 30.9 Å². The Kier molecular flexibility index (Phi) is 11.1. The number of thioether (sulfide) groups is 1. The number of aryl methyl sites for hydroxylation is 1. The Bertz CT molecular complexity index is 1340. The zero-order valence-electron chi connectivity index (χ0n) is 27.6. The predicted molar refractivity (Wildman–Crippen MR) is 170 cm³/mol. The van der Waals surface area contributed by atoms with Gasteiger partial charge in [0.25, 0.3) is 0 Å². The standard InChI is InChI=1S/C33H48N4O7S/c1-9-24-33(7)25(28(31(41)44-33)45-15-14-37-18-35-29(36-37)23-10-12-34-13-11-23)21(4)26(38)19(2)16-32(6,42-8)17-20(3)27(39)22(5)30(40)43-24/h10-13,18-22,24-25,27-28,39H,9,14-17H2,1-8H3. The Balaban J connectivity index is 1.63. The highest BCUT2D eigenvalue weighted by molar-refractivity contribution is 8.00. The van der Waals surface area contributed by atoms with Crippen molar-refractivity contribution in [3.05, 3.63) is 30.9 Å². The average molecular weight is 645 g/mol. The average Bonchev–Trinajstić information content (AvgIpc) is 3.60. The molecule has 2 saturated heterocycles. The van der Waals surface area contributed by atoms with Crippen molar-refractivity contribution < 1.29 is 33.7 Å². The first kappa shape index (κ1) is 35.0. The molecule has 2 aliphatic rings. The van der Waals surface area contributed by atoms with Gasteiger partial charge in [-0.25, -0.2) is 4.98 Å². The number of methoxy groups -OCH3 is 1. The molecule has 11 nitrogen and oxygen atoms in total. The molecule has 12 heteroatoms. The minimum absolute atomic E-state index is 0.00326. The minimum atomic E-state index is -1.25. The molecule has 4 rings (SSSR count). The summed E-state index contributed by atoms with van der Waals surface area (Å²) in [5.74, 6) is -2.52. The normalized spacial score (nSPS) is 36.6. The Hall–Kier alpha value is -2.83. The van der Waals surface area contributed by atoms with Gasteiger partial charge in [-0.05, 0) is 58.1 Å². The summed E-state index contributed by atoms with van der Waals surface area (Å²) in [6.07, 6.45) is 4.50. The number of pyridine rings is 1. The van der Waals surface area contributed by atoms with Crippen LogP contribution >= 0.6 is 11.8 Å². The van der Waals surface area contributed by atoms with Gasteiger partial charge in [-0.2, -0.15) is 5.10 Å². The third-order valence-corrected chi connectivity index (χ3v) is 11.1. The highest BCUT2D eigenvalue weighted by atomic mass is 32.2. The van der Waals surface area contributed by atoms with Crippen molar-refractivity contribution in [3.63, 3.8) is 0 Å². The summed E-state index contributed by atoms with van der Waals surface area (Å²) in [5, 5.41) is 15.0. The molecule has 0 saturated carbocycles. The minimum Gasteiger partial charge on any atom is -0.458 e. The molecule has 4 heterocycles. The lowest BCUT2D eigenvalue weighted by Gasteiger charge is -2.42. The lowest BCUT2D eigenvalue weighted by Crippen LogP contribution is -2.53. The number of esters is 2. The quantitative estimate of drug-likeness (QED) is 0.429. The summed E-state index contributed by atoms with van der Waals surface area (Å²) in [5.41, 5.74) is -1.10. The van der Waals surface area contributed by atoms with Crippen molar-refractivity contribution >= 4 is 29.5 Å². The van der Waals surface area contributed by atoms with Crippen LogP contribution in [-0.4, -0.2) is 84.1 Å². The first-order chi connectivity index (χ1) is 21.2. The number of ketones is 1. The molecule has 2 aliphatic heterocycles. The van der Waals surface area contributed by atoms with E-state index in [1.54, 1.807) is 44.4 Å². The van der Waals surface area contributed by atoms with Gasteiger partial charge in [-0.1, -0.05) is 27.7 Å². The number of Topliss-reactive ketones (excluding diaryl/α,β-unsaturated/α-hetero) is 1. The molecular formula is C33H48N4O7S. The van der Waals surface area contributed by atoms with Gasteiger partial charge in [0, 0.05) is 48.6 Å². The summed E-state index contributed by atoms with van der Waals surface area (Å²) in [4.78, 5) is 49.6. The third-order valence-electron chi connectivity index (χ3n) is 9.83.